The monoisotopic (exact) mass is 199 g/mol. The molecule has 2 N–H and O–H groups in total. The highest BCUT2D eigenvalue weighted by Gasteiger charge is 2.17. The van der Waals surface area contributed by atoms with Gasteiger partial charge in [-0.1, -0.05) is 0 Å². The van der Waals surface area contributed by atoms with Crippen molar-refractivity contribution in [3.8, 4) is 0 Å². The molecule has 1 atom stereocenters. The van der Waals surface area contributed by atoms with Gasteiger partial charge in [0.2, 0.25) is 0 Å². The van der Waals surface area contributed by atoms with Crippen molar-refractivity contribution in [2.75, 3.05) is 6.61 Å². The fourth-order valence-electron chi connectivity index (χ4n) is 1.45. The Balaban J connectivity index is 1.92. The molecule has 72 valence electrons. The molecule has 1 aromatic heterocycles. The average Bonchev–Trinajstić information content (AvgIpc) is 2.76. The Morgan fingerprint density at radius 2 is 2.31 bits per heavy atom. The van der Waals surface area contributed by atoms with Gasteiger partial charge in [-0.15, -0.1) is 21.5 Å². The fourth-order valence-corrected chi connectivity index (χ4v) is 2.24. The second-order valence-corrected chi connectivity index (χ2v) is 4.28. The molecule has 0 spiro atoms. The van der Waals surface area contributed by atoms with Crippen LogP contribution in [0, 0.1) is 0 Å². The second kappa shape index (κ2) is 4.13. The zero-order chi connectivity index (χ0) is 9.10. The Morgan fingerprint density at radius 3 is 2.92 bits per heavy atom. The van der Waals surface area contributed by atoms with E-state index in [4.69, 9.17) is 10.5 Å². The summed E-state index contributed by atoms with van der Waals surface area (Å²) in [7, 11) is 0. The van der Waals surface area contributed by atoms with E-state index in [-0.39, 0.29) is 0 Å². The molecule has 5 heteroatoms. The van der Waals surface area contributed by atoms with Crippen LogP contribution in [0.5, 0.6) is 0 Å². The van der Waals surface area contributed by atoms with Gasteiger partial charge in [0.15, 0.2) is 0 Å². The largest absolute Gasteiger partial charge is 0.378 e. The van der Waals surface area contributed by atoms with Crippen LogP contribution in [0.15, 0.2) is 0 Å². The quantitative estimate of drug-likeness (QED) is 0.779. The van der Waals surface area contributed by atoms with E-state index in [0.717, 1.165) is 29.5 Å². The summed E-state index contributed by atoms with van der Waals surface area (Å²) in [5, 5.41) is 9.98. The van der Waals surface area contributed by atoms with Crippen LogP contribution < -0.4 is 5.73 Å². The van der Waals surface area contributed by atoms with Crippen molar-refractivity contribution in [2.24, 2.45) is 5.73 Å². The zero-order valence-electron chi connectivity index (χ0n) is 7.40. The topological polar surface area (TPSA) is 61.0 Å². The molecule has 0 bridgehead atoms. The molecule has 1 saturated heterocycles. The molecule has 2 rings (SSSR count). The first-order valence-electron chi connectivity index (χ1n) is 4.51. The van der Waals surface area contributed by atoms with Crippen LogP contribution >= 0.6 is 11.3 Å². The summed E-state index contributed by atoms with van der Waals surface area (Å²) in [5.74, 6) is 0. The maximum atomic E-state index is 5.51. The van der Waals surface area contributed by atoms with Gasteiger partial charge in [0.1, 0.15) is 10.0 Å². The van der Waals surface area contributed by atoms with E-state index in [9.17, 15) is 0 Å². The Morgan fingerprint density at radius 1 is 1.46 bits per heavy atom. The number of hydrogen-bond donors (Lipinski definition) is 1. The Kier molecular flexibility index (Phi) is 2.87. The summed E-state index contributed by atoms with van der Waals surface area (Å²) in [4.78, 5) is 0. The predicted octanol–water partition coefficient (Wildman–Crippen LogP) is 0.718. The van der Waals surface area contributed by atoms with Gasteiger partial charge in [0, 0.05) is 19.6 Å². The van der Waals surface area contributed by atoms with Gasteiger partial charge in [-0.05, 0) is 12.8 Å². The first-order valence-corrected chi connectivity index (χ1v) is 5.33. The van der Waals surface area contributed by atoms with Crippen molar-refractivity contribution in [2.45, 2.75) is 31.9 Å². The third kappa shape index (κ3) is 2.24. The lowest BCUT2D eigenvalue weighted by atomic mass is 10.2. The Bertz CT molecular complexity index is 270. The van der Waals surface area contributed by atoms with Gasteiger partial charge >= 0.3 is 0 Å². The van der Waals surface area contributed by atoms with E-state index in [1.165, 1.54) is 6.42 Å². The van der Waals surface area contributed by atoms with Gasteiger partial charge in [-0.2, -0.15) is 0 Å². The minimum absolute atomic E-state index is 0.360. The summed E-state index contributed by atoms with van der Waals surface area (Å²) in [6.45, 7) is 1.39. The first kappa shape index (κ1) is 9.05. The van der Waals surface area contributed by atoms with Crippen LogP contribution in [-0.4, -0.2) is 22.9 Å². The van der Waals surface area contributed by atoms with Gasteiger partial charge in [0.05, 0.1) is 6.10 Å². The van der Waals surface area contributed by atoms with Crippen LogP contribution in [0.1, 0.15) is 22.9 Å². The molecule has 0 amide bonds. The Labute approximate surface area is 81.1 Å². The summed E-state index contributed by atoms with van der Waals surface area (Å²) in [6.07, 6.45) is 3.58. The van der Waals surface area contributed by atoms with E-state index in [2.05, 4.69) is 10.2 Å². The molecule has 1 aliphatic rings. The van der Waals surface area contributed by atoms with E-state index in [1.807, 2.05) is 0 Å². The lowest BCUT2D eigenvalue weighted by Gasteiger charge is -2.04. The van der Waals surface area contributed by atoms with Gasteiger partial charge in [0.25, 0.3) is 0 Å². The number of rotatable bonds is 3. The number of nitrogens with two attached hydrogens (primary N) is 1. The maximum Gasteiger partial charge on any atom is 0.131 e. The average molecular weight is 199 g/mol. The molecule has 0 aliphatic carbocycles. The smallest absolute Gasteiger partial charge is 0.131 e. The molecule has 0 aromatic carbocycles. The third-order valence-corrected chi connectivity index (χ3v) is 3.08. The van der Waals surface area contributed by atoms with Crippen LogP contribution in [-0.2, 0) is 17.7 Å². The van der Waals surface area contributed by atoms with E-state index < -0.39 is 0 Å². The van der Waals surface area contributed by atoms with Crippen molar-refractivity contribution < 1.29 is 4.74 Å². The highest BCUT2D eigenvalue weighted by atomic mass is 32.1. The molecular formula is C8H13N3OS. The zero-order valence-corrected chi connectivity index (χ0v) is 8.22. The number of aromatic nitrogens is 2. The number of nitrogens with zero attached hydrogens (tertiary/aromatic N) is 2. The van der Waals surface area contributed by atoms with Crippen molar-refractivity contribution in [1.29, 1.82) is 0 Å². The molecule has 1 aliphatic heterocycles. The van der Waals surface area contributed by atoms with Crippen LogP contribution in [0.2, 0.25) is 0 Å². The van der Waals surface area contributed by atoms with Crippen LogP contribution in [0.4, 0.5) is 0 Å². The molecule has 0 saturated carbocycles. The normalized spacial score (nSPS) is 22.4. The molecule has 4 nitrogen and oxygen atoms in total. The van der Waals surface area contributed by atoms with E-state index in [1.54, 1.807) is 11.3 Å². The SMILES string of the molecule is NCc1nnc(CC2CCCO2)s1. The number of ether oxygens (including phenoxy) is 1. The first-order chi connectivity index (χ1) is 6.38. The van der Waals surface area contributed by atoms with Gasteiger partial charge < -0.3 is 10.5 Å². The third-order valence-electron chi connectivity index (χ3n) is 2.11. The predicted molar refractivity (Wildman–Crippen MR) is 50.5 cm³/mol. The highest BCUT2D eigenvalue weighted by Crippen LogP contribution is 2.19. The molecule has 1 aromatic rings. The lowest BCUT2D eigenvalue weighted by molar-refractivity contribution is 0.111. The summed E-state index contributed by atoms with van der Waals surface area (Å²) in [5.41, 5.74) is 5.45. The molecule has 1 unspecified atom stereocenters. The minimum atomic E-state index is 0.360. The van der Waals surface area contributed by atoms with Crippen molar-refractivity contribution in [3.05, 3.63) is 10.0 Å². The fraction of sp³-hybridized carbons (Fsp3) is 0.750. The van der Waals surface area contributed by atoms with Gasteiger partial charge in [-0.25, -0.2) is 0 Å². The summed E-state index contributed by atoms with van der Waals surface area (Å²) < 4.78 is 5.51. The van der Waals surface area contributed by atoms with Crippen LogP contribution in [0.3, 0.4) is 0 Å². The molecule has 1 fully saturated rings. The molecule has 2 heterocycles. The molecule has 13 heavy (non-hydrogen) atoms. The minimum Gasteiger partial charge on any atom is -0.378 e. The molecule has 0 radical (unpaired) electrons. The van der Waals surface area contributed by atoms with Gasteiger partial charge in [-0.3, -0.25) is 0 Å². The standard InChI is InChI=1S/C8H13N3OS/c9-5-8-11-10-7(13-8)4-6-2-1-3-12-6/h6H,1-5,9H2. The summed E-state index contributed by atoms with van der Waals surface area (Å²) >= 11 is 1.59. The molecular weight excluding hydrogens is 186 g/mol. The lowest BCUT2D eigenvalue weighted by Crippen LogP contribution is -2.08. The van der Waals surface area contributed by atoms with Crippen molar-refractivity contribution in [3.63, 3.8) is 0 Å². The maximum absolute atomic E-state index is 5.51. The van der Waals surface area contributed by atoms with Crippen LogP contribution in [0.25, 0.3) is 0 Å². The number of hydrogen-bond acceptors (Lipinski definition) is 5. The van der Waals surface area contributed by atoms with E-state index >= 15 is 0 Å². The summed E-state index contributed by atoms with van der Waals surface area (Å²) in [6, 6.07) is 0. The van der Waals surface area contributed by atoms with E-state index in [0.29, 0.717) is 12.6 Å². The van der Waals surface area contributed by atoms with Crippen molar-refractivity contribution >= 4 is 11.3 Å². The highest BCUT2D eigenvalue weighted by molar-refractivity contribution is 7.11. The second-order valence-electron chi connectivity index (χ2n) is 3.13. The van der Waals surface area contributed by atoms with Crippen molar-refractivity contribution in [1.82, 2.24) is 10.2 Å². The Hall–Kier alpha value is -0.520.